The number of hydrogen-bond donors (Lipinski definition) is 0. The van der Waals surface area contributed by atoms with E-state index in [1.165, 1.54) is 6.20 Å². The summed E-state index contributed by atoms with van der Waals surface area (Å²) in [4.78, 5) is 36.5. The van der Waals surface area contributed by atoms with Crippen LogP contribution < -0.4 is 4.90 Å². The van der Waals surface area contributed by atoms with Crippen LogP contribution in [0, 0.1) is 0 Å². The van der Waals surface area contributed by atoms with Crippen LogP contribution in [-0.4, -0.2) is 27.9 Å². The van der Waals surface area contributed by atoms with Crippen molar-refractivity contribution in [1.82, 2.24) is 9.97 Å². The van der Waals surface area contributed by atoms with Gasteiger partial charge in [0.1, 0.15) is 5.52 Å². The van der Waals surface area contributed by atoms with E-state index < -0.39 is 12.1 Å². The molecule has 0 aliphatic carbocycles. The number of anilines is 2. The molecule has 0 fully saturated rings. The summed E-state index contributed by atoms with van der Waals surface area (Å²) in [5.74, 6) is -0.924. The largest absolute Gasteiger partial charge is 0.449 e. The maximum atomic E-state index is 13.5. The molecule has 1 amide bonds. The first-order chi connectivity index (χ1) is 15.2. The fourth-order valence-corrected chi connectivity index (χ4v) is 3.36. The molecule has 0 aliphatic heterocycles. The third-order valence-electron chi connectivity index (χ3n) is 4.86. The minimum absolute atomic E-state index is 0.280. The molecule has 1 heterocycles. The van der Waals surface area contributed by atoms with E-state index in [1.54, 1.807) is 29.3 Å². The van der Waals surface area contributed by atoms with Crippen molar-refractivity contribution in [2.24, 2.45) is 0 Å². The standard InChI is InChI=1S/C25H21N3O3/c1-2-22(31-25(30)20-14-9-15-21-23(20)27-17-16-26-21)24(29)28(18-10-5-3-6-11-18)19-12-7-4-8-13-19/h3-17,22H,2H2,1H3. The van der Waals surface area contributed by atoms with Crippen LogP contribution in [0.5, 0.6) is 0 Å². The Bertz CT molecular complexity index is 1150. The number of benzene rings is 3. The van der Waals surface area contributed by atoms with Crippen LogP contribution >= 0.6 is 0 Å². The number of para-hydroxylation sites is 3. The van der Waals surface area contributed by atoms with E-state index in [0.29, 0.717) is 28.8 Å². The van der Waals surface area contributed by atoms with E-state index in [1.807, 2.05) is 67.6 Å². The summed E-state index contributed by atoms with van der Waals surface area (Å²) in [5.41, 5.74) is 2.71. The summed E-state index contributed by atoms with van der Waals surface area (Å²) in [7, 11) is 0. The summed E-state index contributed by atoms with van der Waals surface area (Å²) in [6, 6.07) is 23.7. The predicted octanol–water partition coefficient (Wildman–Crippen LogP) is 4.93. The summed E-state index contributed by atoms with van der Waals surface area (Å²) in [6.45, 7) is 1.81. The number of carbonyl (C=O) groups is 2. The predicted molar refractivity (Wildman–Crippen MR) is 119 cm³/mol. The van der Waals surface area contributed by atoms with Crippen molar-refractivity contribution in [1.29, 1.82) is 0 Å². The first-order valence-electron chi connectivity index (χ1n) is 10.0. The van der Waals surface area contributed by atoms with Gasteiger partial charge in [0, 0.05) is 23.8 Å². The number of aromatic nitrogens is 2. The summed E-state index contributed by atoms with van der Waals surface area (Å²) in [6.07, 6.45) is 2.46. The molecule has 0 N–H and O–H groups in total. The normalized spacial score (nSPS) is 11.6. The Morgan fingerprint density at radius 1 is 0.839 bits per heavy atom. The fraction of sp³-hybridized carbons (Fsp3) is 0.120. The number of ether oxygens (including phenoxy) is 1. The summed E-state index contributed by atoms with van der Waals surface area (Å²) < 4.78 is 5.68. The van der Waals surface area contributed by atoms with Crippen molar-refractivity contribution in [3.63, 3.8) is 0 Å². The van der Waals surface area contributed by atoms with E-state index in [4.69, 9.17) is 4.74 Å². The van der Waals surface area contributed by atoms with Gasteiger partial charge in [-0.3, -0.25) is 19.7 Å². The number of hydrogen-bond acceptors (Lipinski definition) is 5. The highest BCUT2D eigenvalue weighted by molar-refractivity contribution is 6.06. The van der Waals surface area contributed by atoms with E-state index >= 15 is 0 Å². The van der Waals surface area contributed by atoms with Crippen molar-refractivity contribution in [3.05, 3.63) is 96.8 Å². The number of amides is 1. The molecule has 0 saturated carbocycles. The quantitative estimate of drug-likeness (QED) is 0.421. The van der Waals surface area contributed by atoms with Crippen LogP contribution in [0.2, 0.25) is 0 Å². The maximum Gasteiger partial charge on any atom is 0.341 e. The average Bonchev–Trinajstić information content (AvgIpc) is 2.83. The first kappa shape index (κ1) is 20.2. The topological polar surface area (TPSA) is 72.4 Å². The molecule has 1 unspecified atom stereocenters. The van der Waals surface area contributed by atoms with Gasteiger partial charge >= 0.3 is 5.97 Å². The van der Waals surface area contributed by atoms with Crippen molar-refractivity contribution in [3.8, 4) is 0 Å². The molecule has 1 aromatic heterocycles. The van der Waals surface area contributed by atoms with E-state index in [2.05, 4.69) is 9.97 Å². The van der Waals surface area contributed by atoms with E-state index in [0.717, 1.165) is 0 Å². The monoisotopic (exact) mass is 411 g/mol. The Hall–Kier alpha value is -4.06. The van der Waals surface area contributed by atoms with Crippen LogP contribution in [0.15, 0.2) is 91.3 Å². The van der Waals surface area contributed by atoms with Crippen LogP contribution in [0.3, 0.4) is 0 Å². The highest BCUT2D eigenvalue weighted by atomic mass is 16.5. The van der Waals surface area contributed by atoms with Gasteiger partial charge in [-0.25, -0.2) is 4.79 Å². The molecule has 4 aromatic rings. The molecule has 0 spiro atoms. The number of carbonyl (C=O) groups excluding carboxylic acids is 2. The van der Waals surface area contributed by atoms with Gasteiger partial charge in [0.2, 0.25) is 0 Å². The zero-order chi connectivity index (χ0) is 21.6. The van der Waals surface area contributed by atoms with Crippen LogP contribution in [-0.2, 0) is 9.53 Å². The minimum Gasteiger partial charge on any atom is -0.449 e. The molecule has 6 nitrogen and oxygen atoms in total. The molecule has 31 heavy (non-hydrogen) atoms. The molecule has 0 aliphatic rings. The highest BCUT2D eigenvalue weighted by Gasteiger charge is 2.29. The Kier molecular flexibility index (Phi) is 5.98. The van der Waals surface area contributed by atoms with Gasteiger partial charge in [0.05, 0.1) is 11.1 Å². The molecular weight excluding hydrogens is 390 g/mol. The van der Waals surface area contributed by atoms with Gasteiger partial charge in [-0.05, 0) is 42.8 Å². The molecule has 1 atom stereocenters. The first-order valence-corrected chi connectivity index (χ1v) is 10.0. The number of rotatable bonds is 6. The molecular formula is C25H21N3O3. The van der Waals surface area contributed by atoms with E-state index in [-0.39, 0.29) is 11.5 Å². The molecule has 0 bridgehead atoms. The van der Waals surface area contributed by atoms with Crippen molar-refractivity contribution >= 4 is 34.3 Å². The van der Waals surface area contributed by atoms with Gasteiger partial charge in [0.25, 0.3) is 5.91 Å². The smallest absolute Gasteiger partial charge is 0.341 e. The van der Waals surface area contributed by atoms with Gasteiger partial charge in [-0.2, -0.15) is 0 Å². The molecule has 0 saturated heterocycles. The zero-order valence-corrected chi connectivity index (χ0v) is 17.0. The van der Waals surface area contributed by atoms with Gasteiger partial charge < -0.3 is 4.74 Å². The van der Waals surface area contributed by atoms with Gasteiger partial charge in [-0.15, -0.1) is 0 Å². The third kappa shape index (κ3) is 4.28. The second kappa shape index (κ2) is 9.17. The molecule has 0 radical (unpaired) electrons. The highest BCUT2D eigenvalue weighted by Crippen LogP contribution is 2.27. The Labute approximate surface area is 180 Å². The molecule has 6 heteroatoms. The lowest BCUT2D eigenvalue weighted by atomic mass is 10.1. The Morgan fingerprint density at radius 2 is 1.45 bits per heavy atom. The second-order valence-corrected chi connectivity index (χ2v) is 6.88. The van der Waals surface area contributed by atoms with Crippen LogP contribution in [0.4, 0.5) is 11.4 Å². The number of nitrogens with zero attached hydrogens (tertiary/aromatic N) is 3. The van der Waals surface area contributed by atoms with Crippen molar-refractivity contribution in [2.75, 3.05) is 4.90 Å². The average molecular weight is 411 g/mol. The van der Waals surface area contributed by atoms with Gasteiger partial charge in [0.15, 0.2) is 6.10 Å². The zero-order valence-electron chi connectivity index (χ0n) is 17.0. The summed E-state index contributed by atoms with van der Waals surface area (Å²) >= 11 is 0. The molecule has 3 aromatic carbocycles. The fourth-order valence-electron chi connectivity index (χ4n) is 3.36. The molecule has 4 rings (SSSR count). The van der Waals surface area contributed by atoms with E-state index in [9.17, 15) is 9.59 Å². The minimum atomic E-state index is -0.958. The SMILES string of the molecule is CCC(OC(=O)c1cccc2nccnc12)C(=O)N(c1ccccc1)c1ccccc1. The van der Waals surface area contributed by atoms with Crippen molar-refractivity contribution < 1.29 is 14.3 Å². The van der Waals surface area contributed by atoms with Crippen molar-refractivity contribution in [2.45, 2.75) is 19.4 Å². The Balaban J connectivity index is 1.65. The lowest BCUT2D eigenvalue weighted by Gasteiger charge is -2.27. The van der Waals surface area contributed by atoms with Gasteiger partial charge in [-0.1, -0.05) is 49.4 Å². The lowest BCUT2D eigenvalue weighted by Crippen LogP contribution is -2.38. The summed E-state index contributed by atoms with van der Waals surface area (Å²) in [5, 5.41) is 0. The van der Waals surface area contributed by atoms with Crippen LogP contribution in [0.1, 0.15) is 23.7 Å². The third-order valence-corrected chi connectivity index (χ3v) is 4.86. The maximum absolute atomic E-state index is 13.5. The lowest BCUT2D eigenvalue weighted by molar-refractivity contribution is -0.126. The van der Waals surface area contributed by atoms with Crippen LogP contribution in [0.25, 0.3) is 11.0 Å². The number of esters is 1. The Morgan fingerprint density at radius 3 is 2.06 bits per heavy atom. The number of fused-ring (bicyclic) bond motifs is 1. The molecule has 154 valence electrons. The second-order valence-electron chi connectivity index (χ2n) is 6.88.